The molecule has 1 saturated carbocycles. The van der Waals surface area contributed by atoms with E-state index in [9.17, 15) is 4.79 Å². The molecule has 5 heteroatoms. The Morgan fingerprint density at radius 1 is 1.38 bits per heavy atom. The fourth-order valence-electron chi connectivity index (χ4n) is 2.72. The number of rotatable bonds is 4. The van der Waals surface area contributed by atoms with E-state index in [0.29, 0.717) is 18.3 Å². The monoisotopic (exact) mass is 287 g/mol. The zero-order chi connectivity index (χ0) is 14.8. The molecule has 3 rings (SSSR count). The average molecular weight is 287 g/mol. The Labute approximate surface area is 125 Å². The molecule has 1 aromatic heterocycles. The summed E-state index contributed by atoms with van der Waals surface area (Å²) in [4.78, 5) is 22.5. The van der Waals surface area contributed by atoms with Crippen molar-refractivity contribution in [3.8, 4) is 0 Å². The van der Waals surface area contributed by atoms with Crippen LogP contribution in [0.4, 0.5) is 5.95 Å². The van der Waals surface area contributed by atoms with Gasteiger partial charge in [-0.3, -0.25) is 4.79 Å². The van der Waals surface area contributed by atoms with Gasteiger partial charge in [-0.05, 0) is 30.2 Å². The summed E-state index contributed by atoms with van der Waals surface area (Å²) in [5.41, 5.74) is 2.40. The van der Waals surface area contributed by atoms with E-state index in [1.54, 1.807) is 0 Å². The fourth-order valence-corrected chi connectivity index (χ4v) is 2.72. The highest BCUT2D eigenvalue weighted by Crippen LogP contribution is 2.39. The topological polar surface area (TPSA) is 55.3 Å². The molecule has 1 aliphatic heterocycles. The van der Waals surface area contributed by atoms with Crippen molar-refractivity contribution in [2.45, 2.75) is 32.1 Å². The summed E-state index contributed by atoms with van der Waals surface area (Å²) in [5.74, 6) is 1.60. The first-order valence-corrected chi connectivity index (χ1v) is 7.50. The molecule has 0 saturated heterocycles. The molecular formula is C16H21N3O2. The van der Waals surface area contributed by atoms with E-state index in [-0.39, 0.29) is 5.97 Å². The zero-order valence-corrected chi connectivity index (χ0v) is 12.6. The van der Waals surface area contributed by atoms with Gasteiger partial charge < -0.3 is 9.64 Å². The third-order valence-electron chi connectivity index (χ3n) is 4.27. The van der Waals surface area contributed by atoms with Gasteiger partial charge in [-0.2, -0.15) is 0 Å². The number of hydrogen-bond acceptors (Lipinski definition) is 5. The highest BCUT2D eigenvalue weighted by atomic mass is 16.5. The van der Waals surface area contributed by atoms with E-state index in [2.05, 4.69) is 27.9 Å². The van der Waals surface area contributed by atoms with Crippen molar-refractivity contribution in [3.63, 3.8) is 0 Å². The Hall–Kier alpha value is -1.91. The van der Waals surface area contributed by atoms with E-state index in [1.165, 1.54) is 25.5 Å². The van der Waals surface area contributed by atoms with Crippen LogP contribution in [0.25, 0.3) is 0 Å². The Morgan fingerprint density at radius 3 is 2.67 bits per heavy atom. The molecule has 1 fully saturated rings. The van der Waals surface area contributed by atoms with Crippen molar-refractivity contribution < 1.29 is 9.53 Å². The highest BCUT2D eigenvalue weighted by Gasteiger charge is 2.25. The molecule has 0 amide bonds. The van der Waals surface area contributed by atoms with Gasteiger partial charge in [-0.15, -0.1) is 0 Å². The molecule has 0 N–H and O–H groups in total. The number of carbonyl (C=O) groups is 1. The number of aromatic nitrogens is 2. The van der Waals surface area contributed by atoms with E-state index in [1.807, 2.05) is 12.4 Å². The van der Waals surface area contributed by atoms with Crippen LogP contribution in [0.3, 0.4) is 0 Å². The lowest BCUT2D eigenvalue weighted by Gasteiger charge is -2.30. The zero-order valence-electron chi connectivity index (χ0n) is 12.6. The van der Waals surface area contributed by atoms with Crippen LogP contribution in [-0.4, -0.2) is 36.1 Å². The van der Waals surface area contributed by atoms with Crippen LogP contribution in [0.5, 0.6) is 0 Å². The molecule has 1 unspecified atom stereocenters. The minimum Gasteiger partial charge on any atom is -0.469 e. The van der Waals surface area contributed by atoms with Gasteiger partial charge in [0.25, 0.3) is 0 Å². The lowest BCUT2D eigenvalue weighted by Crippen LogP contribution is -2.35. The molecule has 0 aromatic carbocycles. The Morgan fingerprint density at radius 2 is 2.10 bits per heavy atom. The maximum atomic E-state index is 11.4. The molecule has 5 nitrogen and oxygen atoms in total. The van der Waals surface area contributed by atoms with Gasteiger partial charge in [-0.1, -0.05) is 18.6 Å². The number of hydrogen-bond donors (Lipinski definition) is 0. The quantitative estimate of drug-likeness (QED) is 0.628. The molecule has 2 aliphatic rings. The predicted octanol–water partition coefficient (Wildman–Crippen LogP) is 2.30. The number of ether oxygens (including phenoxy) is 1. The summed E-state index contributed by atoms with van der Waals surface area (Å²) in [7, 11) is 1.43. The normalized spacial score (nSPS) is 21.9. The van der Waals surface area contributed by atoms with Gasteiger partial charge in [0.2, 0.25) is 5.95 Å². The predicted molar refractivity (Wildman–Crippen MR) is 80.1 cm³/mol. The maximum Gasteiger partial charge on any atom is 0.309 e. The van der Waals surface area contributed by atoms with Crippen LogP contribution < -0.4 is 4.90 Å². The van der Waals surface area contributed by atoms with Crippen LogP contribution in [0, 0.1) is 5.92 Å². The largest absolute Gasteiger partial charge is 0.469 e. The molecule has 112 valence electrons. The standard InChI is InChI=1S/C16H21N3O2/c1-11-10-19(6-5-13(11)7-15(20)21-2)16-17-8-14(9-18-16)12-3-4-12/h5,8-9,11-12H,3-4,6-7,10H2,1-2H3. The van der Waals surface area contributed by atoms with E-state index >= 15 is 0 Å². The van der Waals surface area contributed by atoms with Crippen LogP contribution in [0.2, 0.25) is 0 Å². The van der Waals surface area contributed by atoms with Gasteiger partial charge in [0, 0.05) is 25.5 Å². The summed E-state index contributed by atoms with van der Waals surface area (Å²) in [6, 6.07) is 0. The first-order valence-electron chi connectivity index (χ1n) is 7.50. The third-order valence-corrected chi connectivity index (χ3v) is 4.27. The molecule has 2 heterocycles. The summed E-state index contributed by atoms with van der Waals surface area (Å²) in [6.07, 6.45) is 8.93. The number of anilines is 1. The number of methoxy groups -OCH3 is 1. The van der Waals surface area contributed by atoms with Crippen molar-refractivity contribution in [2.75, 3.05) is 25.1 Å². The first kappa shape index (κ1) is 14.0. The summed E-state index contributed by atoms with van der Waals surface area (Å²) < 4.78 is 4.74. The molecule has 1 atom stereocenters. The van der Waals surface area contributed by atoms with E-state index in [4.69, 9.17) is 4.74 Å². The second kappa shape index (κ2) is 5.84. The van der Waals surface area contributed by atoms with Crippen molar-refractivity contribution in [3.05, 3.63) is 29.6 Å². The van der Waals surface area contributed by atoms with E-state index in [0.717, 1.165) is 24.6 Å². The molecular weight excluding hydrogens is 266 g/mol. The molecule has 21 heavy (non-hydrogen) atoms. The Kier molecular flexibility index (Phi) is 3.90. The number of carbonyl (C=O) groups excluding carboxylic acids is 1. The van der Waals surface area contributed by atoms with Crippen molar-refractivity contribution in [1.29, 1.82) is 0 Å². The van der Waals surface area contributed by atoms with Gasteiger partial charge in [-0.25, -0.2) is 9.97 Å². The molecule has 1 aromatic rings. The molecule has 0 radical (unpaired) electrons. The number of esters is 1. The SMILES string of the molecule is COC(=O)CC1=CCN(c2ncc(C3CC3)cn2)CC1C. The summed E-state index contributed by atoms with van der Waals surface area (Å²) in [6.45, 7) is 3.71. The Bertz CT molecular complexity index is 549. The molecule has 0 bridgehead atoms. The van der Waals surface area contributed by atoms with Crippen molar-refractivity contribution >= 4 is 11.9 Å². The second-order valence-electron chi connectivity index (χ2n) is 5.93. The highest BCUT2D eigenvalue weighted by molar-refractivity contribution is 5.72. The number of nitrogens with zero attached hydrogens (tertiary/aromatic N) is 3. The average Bonchev–Trinajstić information content (AvgIpc) is 3.34. The minimum absolute atomic E-state index is 0.174. The van der Waals surface area contributed by atoms with Crippen molar-refractivity contribution in [2.24, 2.45) is 5.92 Å². The summed E-state index contributed by atoms with van der Waals surface area (Å²) in [5, 5.41) is 0. The molecule has 0 spiro atoms. The van der Waals surface area contributed by atoms with Gasteiger partial charge in [0.05, 0.1) is 13.5 Å². The Balaban J connectivity index is 1.66. The van der Waals surface area contributed by atoms with Crippen LogP contribution in [0.15, 0.2) is 24.0 Å². The summed E-state index contributed by atoms with van der Waals surface area (Å²) >= 11 is 0. The molecule has 1 aliphatic carbocycles. The van der Waals surface area contributed by atoms with Crippen LogP contribution in [-0.2, 0) is 9.53 Å². The van der Waals surface area contributed by atoms with Gasteiger partial charge >= 0.3 is 5.97 Å². The van der Waals surface area contributed by atoms with E-state index < -0.39 is 0 Å². The minimum atomic E-state index is -0.174. The van der Waals surface area contributed by atoms with Crippen molar-refractivity contribution in [1.82, 2.24) is 9.97 Å². The third kappa shape index (κ3) is 3.23. The lowest BCUT2D eigenvalue weighted by atomic mass is 9.94. The van der Waals surface area contributed by atoms with Crippen LogP contribution >= 0.6 is 0 Å². The van der Waals surface area contributed by atoms with Gasteiger partial charge in [0.1, 0.15) is 0 Å². The smallest absolute Gasteiger partial charge is 0.309 e. The first-order chi connectivity index (χ1) is 10.2. The maximum absolute atomic E-state index is 11.4. The second-order valence-corrected chi connectivity index (χ2v) is 5.93. The fraction of sp³-hybridized carbons (Fsp3) is 0.562. The van der Waals surface area contributed by atoms with Gasteiger partial charge in [0.15, 0.2) is 0 Å². The van der Waals surface area contributed by atoms with Crippen LogP contribution in [0.1, 0.15) is 37.7 Å². The lowest BCUT2D eigenvalue weighted by molar-refractivity contribution is -0.139.